The van der Waals surface area contributed by atoms with Crippen LogP contribution >= 0.6 is 0 Å². The van der Waals surface area contributed by atoms with Crippen LogP contribution in [0, 0.1) is 0 Å². The highest BCUT2D eigenvalue weighted by Crippen LogP contribution is 2.16. The zero-order chi connectivity index (χ0) is 22.3. The van der Waals surface area contributed by atoms with Crippen molar-refractivity contribution in [1.29, 1.82) is 0 Å². The molecule has 2 aliphatic heterocycles. The number of hydrogen-bond acceptors (Lipinski definition) is 7. The van der Waals surface area contributed by atoms with Crippen LogP contribution < -0.4 is 20.4 Å². The average Bonchev–Trinajstić information content (AvgIpc) is 2.82. The third-order valence-electron chi connectivity index (χ3n) is 5.65. The summed E-state index contributed by atoms with van der Waals surface area (Å²) < 4.78 is 11.2. The normalized spacial score (nSPS) is 21.3. The summed E-state index contributed by atoms with van der Waals surface area (Å²) in [6, 6.07) is 7.77. The number of morpholine rings is 2. The van der Waals surface area contributed by atoms with Crippen molar-refractivity contribution in [2.24, 2.45) is 0 Å². The summed E-state index contributed by atoms with van der Waals surface area (Å²) in [5.41, 5.74) is 1.91. The minimum atomic E-state index is -0.220. The zero-order valence-electron chi connectivity index (χ0n) is 18.8. The number of aromatic nitrogens is 2. The largest absolute Gasteiger partial charge is 0.375 e. The molecule has 0 saturated carbocycles. The van der Waals surface area contributed by atoms with Crippen molar-refractivity contribution in [1.82, 2.24) is 20.6 Å². The van der Waals surface area contributed by atoms with Crippen molar-refractivity contribution in [3.63, 3.8) is 0 Å². The maximum absolute atomic E-state index is 12.2. The van der Waals surface area contributed by atoms with Gasteiger partial charge in [-0.1, -0.05) is 12.1 Å². The smallest absolute Gasteiger partial charge is 0.315 e. The number of anilines is 2. The van der Waals surface area contributed by atoms with Crippen molar-refractivity contribution in [3.8, 4) is 0 Å². The predicted octanol–water partition coefficient (Wildman–Crippen LogP) is 1.93. The molecule has 2 aliphatic rings. The van der Waals surface area contributed by atoms with Crippen LogP contribution in [0.25, 0.3) is 0 Å². The third-order valence-corrected chi connectivity index (χ3v) is 5.65. The number of carbonyl (C=O) groups excluding carboxylic acids is 1. The Morgan fingerprint density at radius 3 is 1.72 bits per heavy atom. The summed E-state index contributed by atoms with van der Waals surface area (Å²) in [5, 5.41) is 5.75. The zero-order valence-corrected chi connectivity index (χ0v) is 18.8. The lowest BCUT2D eigenvalue weighted by molar-refractivity contribution is 0.0528. The molecule has 4 rings (SSSR count). The Kier molecular flexibility index (Phi) is 7.39. The number of rotatable bonds is 6. The van der Waals surface area contributed by atoms with Crippen LogP contribution in [0.4, 0.5) is 16.4 Å². The van der Waals surface area contributed by atoms with Gasteiger partial charge in [-0.25, -0.2) is 14.8 Å². The Hall–Kier alpha value is -2.91. The molecule has 0 unspecified atom stereocenters. The van der Waals surface area contributed by atoms with Crippen molar-refractivity contribution < 1.29 is 14.3 Å². The fraction of sp³-hybridized carbons (Fsp3) is 0.522. The van der Waals surface area contributed by atoms with E-state index in [9.17, 15) is 4.79 Å². The molecule has 2 saturated heterocycles. The molecule has 4 heterocycles. The summed E-state index contributed by atoms with van der Waals surface area (Å²) in [7, 11) is 0. The molecule has 2 amide bonds. The Bertz CT molecular complexity index is 805. The van der Waals surface area contributed by atoms with Crippen molar-refractivity contribution in [3.05, 3.63) is 47.8 Å². The van der Waals surface area contributed by atoms with Crippen LogP contribution in [0.5, 0.6) is 0 Å². The molecule has 2 aromatic rings. The summed E-state index contributed by atoms with van der Waals surface area (Å²) in [4.78, 5) is 25.7. The maximum atomic E-state index is 12.2. The molecule has 0 bridgehead atoms. The predicted molar refractivity (Wildman–Crippen MR) is 123 cm³/mol. The fourth-order valence-electron chi connectivity index (χ4n) is 3.90. The molecule has 32 heavy (non-hydrogen) atoms. The van der Waals surface area contributed by atoms with Gasteiger partial charge in [0.05, 0.1) is 25.4 Å². The van der Waals surface area contributed by atoms with E-state index < -0.39 is 0 Å². The van der Waals surface area contributed by atoms with E-state index in [0.29, 0.717) is 13.1 Å². The number of nitrogens with zero attached hydrogens (tertiary/aromatic N) is 4. The molecule has 0 spiro atoms. The van der Waals surface area contributed by atoms with Gasteiger partial charge in [0.15, 0.2) is 0 Å². The first-order valence-electron chi connectivity index (χ1n) is 11.2. The lowest BCUT2D eigenvalue weighted by Crippen LogP contribution is -2.41. The Morgan fingerprint density at radius 1 is 0.875 bits per heavy atom. The number of ether oxygens (including phenoxy) is 2. The van der Waals surface area contributed by atoms with Gasteiger partial charge in [0.1, 0.15) is 11.6 Å². The summed E-state index contributed by atoms with van der Waals surface area (Å²) in [5.74, 6) is 1.88. The third kappa shape index (κ3) is 6.08. The molecule has 0 radical (unpaired) electrons. The molecule has 9 heteroatoms. The Labute approximate surface area is 189 Å². The van der Waals surface area contributed by atoms with E-state index in [1.54, 1.807) is 0 Å². The minimum Gasteiger partial charge on any atom is -0.375 e. The Balaban J connectivity index is 1.20. The van der Waals surface area contributed by atoms with Crippen LogP contribution in [-0.2, 0) is 22.6 Å². The second kappa shape index (κ2) is 10.6. The van der Waals surface area contributed by atoms with E-state index in [-0.39, 0.29) is 18.2 Å². The fourth-order valence-corrected chi connectivity index (χ4v) is 3.90. The first-order valence-corrected chi connectivity index (χ1v) is 11.2. The van der Waals surface area contributed by atoms with Crippen molar-refractivity contribution >= 4 is 17.7 Å². The van der Waals surface area contributed by atoms with Gasteiger partial charge in [0.25, 0.3) is 0 Å². The number of urea groups is 1. The van der Waals surface area contributed by atoms with Gasteiger partial charge in [0, 0.05) is 51.7 Å². The molecule has 2 N–H and O–H groups in total. The van der Waals surface area contributed by atoms with Gasteiger partial charge in [-0.3, -0.25) is 0 Å². The number of carbonyl (C=O) groups is 1. The average molecular weight is 441 g/mol. The summed E-state index contributed by atoms with van der Waals surface area (Å²) in [6.07, 6.45) is 4.05. The first-order chi connectivity index (χ1) is 15.6. The monoisotopic (exact) mass is 440 g/mol. The molecule has 9 nitrogen and oxygen atoms in total. The molecule has 2 atom stereocenters. The topological polar surface area (TPSA) is 91.9 Å². The Morgan fingerprint density at radius 2 is 1.34 bits per heavy atom. The molecule has 0 aliphatic carbocycles. The van der Waals surface area contributed by atoms with E-state index in [4.69, 9.17) is 9.47 Å². The quantitative estimate of drug-likeness (QED) is 0.709. The minimum absolute atomic E-state index is 0.213. The first kappa shape index (κ1) is 22.3. The molecular weight excluding hydrogens is 408 g/mol. The van der Waals surface area contributed by atoms with Gasteiger partial charge in [-0.05, 0) is 37.1 Å². The lowest BCUT2D eigenvalue weighted by atomic mass is 10.2. The van der Waals surface area contributed by atoms with E-state index in [1.807, 2.05) is 36.7 Å². The lowest BCUT2D eigenvalue weighted by Gasteiger charge is -2.32. The molecular formula is C23H32N6O3. The standard InChI is InChI=1S/C23H32N6O3/c1-17-15-28(7-9-31-17)21-5-3-19(11-24-21)13-26-23(30)27-14-20-4-6-22(25-12-20)29-8-10-32-18(2)16-29/h3-6,11-12,17-18H,7-10,13-16H2,1-2H3,(H2,26,27,30)/t17-,18+. The van der Waals surface area contributed by atoms with E-state index >= 15 is 0 Å². The van der Waals surface area contributed by atoms with Gasteiger partial charge in [0.2, 0.25) is 0 Å². The number of hydrogen-bond donors (Lipinski definition) is 2. The van der Waals surface area contributed by atoms with Gasteiger partial charge >= 0.3 is 6.03 Å². The van der Waals surface area contributed by atoms with Crippen LogP contribution in [0.15, 0.2) is 36.7 Å². The number of nitrogens with one attached hydrogen (secondary N) is 2. The molecule has 2 fully saturated rings. The van der Waals surface area contributed by atoms with Crippen molar-refractivity contribution in [2.75, 3.05) is 49.2 Å². The van der Waals surface area contributed by atoms with Crippen LogP contribution in [0.2, 0.25) is 0 Å². The van der Waals surface area contributed by atoms with E-state index in [2.05, 4.69) is 44.2 Å². The van der Waals surface area contributed by atoms with Crippen molar-refractivity contribution in [2.45, 2.75) is 39.1 Å². The van der Waals surface area contributed by atoms with Crippen LogP contribution in [0.3, 0.4) is 0 Å². The highest BCUT2D eigenvalue weighted by atomic mass is 16.5. The maximum Gasteiger partial charge on any atom is 0.315 e. The van der Waals surface area contributed by atoms with E-state index in [0.717, 1.165) is 62.2 Å². The van der Waals surface area contributed by atoms with Crippen LogP contribution in [0.1, 0.15) is 25.0 Å². The van der Waals surface area contributed by atoms with Gasteiger partial charge in [-0.15, -0.1) is 0 Å². The SMILES string of the molecule is C[C@@H]1CN(c2ccc(CNC(=O)NCc3ccc(N4CCO[C@@H](C)C4)nc3)cn2)CCO1. The molecule has 2 aromatic heterocycles. The number of pyridine rings is 2. The molecule has 0 aromatic carbocycles. The summed E-state index contributed by atoms with van der Waals surface area (Å²) >= 11 is 0. The highest BCUT2D eigenvalue weighted by Gasteiger charge is 2.18. The van der Waals surface area contributed by atoms with Crippen LogP contribution in [-0.4, -0.2) is 67.6 Å². The highest BCUT2D eigenvalue weighted by molar-refractivity contribution is 5.73. The summed E-state index contributed by atoms with van der Waals surface area (Å²) in [6.45, 7) is 9.79. The number of amides is 2. The second-order valence-corrected chi connectivity index (χ2v) is 8.34. The molecule has 172 valence electrons. The van der Waals surface area contributed by atoms with Gasteiger partial charge < -0.3 is 29.9 Å². The van der Waals surface area contributed by atoms with Gasteiger partial charge in [-0.2, -0.15) is 0 Å². The second-order valence-electron chi connectivity index (χ2n) is 8.34. The van der Waals surface area contributed by atoms with E-state index in [1.165, 1.54) is 0 Å².